The van der Waals surface area contributed by atoms with Crippen LogP contribution in [0.25, 0.3) is 5.78 Å². The summed E-state index contributed by atoms with van der Waals surface area (Å²) in [5.41, 5.74) is 0.573. The van der Waals surface area contributed by atoms with E-state index in [-0.39, 0.29) is 17.3 Å². The monoisotopic (exact) mass is 418 g/mol. The Morgan fingerprint density at radius 1 is 1.10 bits per heavy atom. The molecule has 1 saturated heterocycles. The molecular weight excluding hydrogens is 397 g/mol. The third-order valence-corrected chi connectivity index (χ3v) is 5.15. The van der Waals surface area contributed by atoms with Crippen LogP contribution in [0.1, 0.15) is 47.6 Å². The van der Waals surface area contributed by atoms with Crippen molar-refractivity contribution in [2.24, 2.45) is 0 Å². The number of aryl methyl sites for hydroxylation is 1. The maximum absolute atomic E-state index is 13.3. The minimum Gasteiger partial charge on any atom is -0.370 e. The number of rotatable bonds is 3. The molecule has 0 spiro atoms. The Hall–Kier alpha value is -3.17. The van der Waals surface area contributed by atoms with E-state index < -0.39 is 17.6 Å². The standard InChI is InChI=1S/C20H21F3N6O/c1-13-8-9-24-19-26-17(27-29(13)19)18(30)25-15-12-14(20(21,22)23)6-7-16(15)28-10-4-2-3-5-11-28/h6-9,12H,2-5,10-11H2,1H3,(H,25,30). The number of amides is 1. The summed E-state index contributed by atoms with van der Waals surface area (Å²) < 4.78 is 41.3. The van der Waals surface area contributed by atoms with E-state index in [2.05, 4.69) is 20.4 Å². The smallest absolute Gasteiger partial charge is 0.370 e. The molecule has 10 heteroatoms. The lowest BCUT2D eigenvalue weighted by Crippen LogP contribution is -2.26. The first-order valence-electron chi connectivity index (χ1n) is 9.79. The van der Waals surface area contributed by atoms with E-state index in [4.69, 9.17) is 0 Å². The molecule has 1 amide bonds. The van der Waals surface area contributed by atoms with Crippen molar-refractivity contribution in [1.29, 1.82) is 0 Å². The molecule has 1 aliphatic heterocycles. The number of nitrogens with zero attached hydrogens (tertiary/aromatic N) is 5. The number of benzene rings is 1. The molecule has 1 fully saturated rings. The summed E-state index contributed by atoms with van der Waals surface area (Å²) in [6.45, 7) is 3.24. The molecular formula is C20H21F3N6O. The number of hydrogen-bond acceptors (Lipinski definition) is 5. The SMILES string of the molecule is Cc1ccnc2nc(C(=O)Nc3cc(C(F)(F)F)ccc3N3CCCCCC3)nn12. The zero-order valence-electron chi connectivity index (χ0n) is 16.4. The Bertz CT molecular complexity index is 1070. The van der Waals surface area contributed by atoms with E-state index in [1.165, 1.54) is 10.6 Å². The zero-order valence-corrected chi connectivity index (χ0v) is 16.4. The second-order valence-corrected chi connectivity index (χ2v) is 7.32. The van der Waals surface area contributed by atoms with Crippen LogP contribution < -0.4 is 10.2 Å². The maximum Gasteiger partial charge on any atom is 0.416 e. The fraction of sp³-hybridized carbons (Fsp3) is 0.400. The minimum atomic E-state index is -4.51. The van der Waals surface area contributed by atoms with Gasteiger partial charge in [-0.3, -0.25) is 4.79 Å². The summed E-state index contributed by atoms with van der Waals surface area (Å²) in [4.78, 5) is 22.9. The average Bonchev–Trinajstić information content (AvgIpc) is 2.97. The van der Waals surface area contributed by atoms with Crippen LogP contribution in [0, 0.1) is 6.92 Å². The van der Waals surface area contributed by atoms with Crippen LogP contribution >= 0.6 is 0 Å². The van der Waals surface area contributed by atoms with Gasteiger partial charge in [-0.15, -0.1) is 5.10 Å². The van der Waals surface area contributed by atoms with Crippen LogP contribution in [-0.4, -0.2) is 38.6 Å². The molecule has 1 N–H and O–H groups in total. The van der Waals surface area contributed by atoms with Crippen LogP contribution in [-0.2, 0) is 6.18 Å². The van der Waals surface area contributed by atoms with Crippen molar-refractivity contribution in [3.63, 3.8) is 0 Å². The molecule has 7 nitrogen and oxygen atoms in total. The van der Waals surface area contributed by atoms with E-state index in [1.54, 1.807) is 19.2 Å². The number of carbonyl (C=O) groups excluding carboxylic acids is 1. The quantitative estimate of drug-likeness (QED) is 0.694. The highest BCUT2D eigenvalue weighted by Gasteiger charge is 2.32. The Morgan fingerprint density at radius 2 is 1.83 bits per heavy atom. The van der Waals surface area contributed by atoms with Crippen molar-refractivity contribution in [2.75, 3.05) is 23.3 Å². The van der Waals surface area contributed by atoms with Crippen molar-refractivity contribution in [1.82, 2.24) is 19.6 Å². The first-order chi connectivity index (χ1) is 14.3. The van der Waals surface area contributed by atoms with Gasteiger partial charge in [0.15, 0.2) is 0 Å². The van der Waals surface area contributed by atoms with Gasteiger partial charge in [0, 0.05) is 25.0 Å². The highest BCUT2D eigenvalue weighted by Crippen LogP contribution is 2.36. The molecule has 3 heterocycles. The maximum atomic E-state index is 13.3. The Labute approximate surface area is 170 Å². The average molecular weight is 418 g/mol. The summed E-state index contributed by atoms with van der Waals surface area (Å²) >= 11 is 0. The predicted octanol–water partition coefficient (Wildman–Crippen LogP) is 4.08. The van der Waals surface area contributed by atoms with E-state index in [1.807, 2.05) is 4.90 Å². The number of carbonyl (C=O) groups is 1. The normalized spacial score (nSPS) is 15.3. The Kier molecular flexibility index (Phi) is 5.31. The third-order valence-electron chi connectivity index (χ3n) is 5.15. The Morgan fingerprint density at radius 3 is 2.50 bits per heavy atom. The van der Waals surface area contributed by atoms with Crippen molar-refractivity contribution in [2.45, 2.75) is 38.8 Å². The fourth-order valence-electron chi connectivity index (χ4n) is 3.58. The molecule has 0 atom stereocenters. The van der Waals surface area contributed by atoms with Gasteiger partial charge in [-0.2, -0.15) is 18.2 Å². The second-order valence-electron chi connectivity index (χ2n) is 7.32. The van der Waals surface area contributed by atoms with Crippen LogP contribution in [0.3, 0.4) is 0 Å². The molecule has 158 valence electrons. The highest BCUT2D eigenvalue weighted by molar-refractivity contribution is 6.03. The van der Waals surface area contributed by atoms with Crippen LogP contribution in [0.5, 0.6) is 0 Å². The molecule has 0 aliphatic carbocycles. The molecule has 0 unspecified atom stereocenters. The van der Waals surface area contributed by atoms with Crippen molar-refractivity contribution >= 4 is 23.1 Å². The fourth-order valence-corrected chi connectivity index (χ4v) is 3.58. The second kappa shape index (κ2) is 7.92. The molecule has 1 aromatic carbocycles. The first kappa shape index (κ1) is 20.1. The van der Waals surface area contributed by atoms with Gasteiger partial charge in [-0.25, -0.2) is 9.50 Å². The van der Waals surface area contributed by atoms with Gasteiger partial charge in [0.05, 0.1) is 16.9 Å². The molecule has 2 aromatic heterocycles. The van der Waals surface area contributed by atoms with Crippen molar-refractivity contribution < 1.29 is 18.0 Å². The topological polar surface area (TPSA) is 75.4 Å². The molecule has 3 aromatic rings. The summed E-state index contributed by atoms with van der Waals surface area (Å²) in [7, 11) is 0. The van der Waals surface area contributed by atoms with Crippen LogP contribution in [0.15, 0.2) is 30.5 Å². The number of fused-ring (bicyclic) bond motifs is 1. The van der Waals surface area contributed by atoms with E-state index in [9.17, 15) is 18.0 Å². The van der Waals surface area contributed by atoms with Crippen molar-refractivity contribution in [3.8, 4) is 0 Å². The van der Waals surface area contributed by atoms with Crippen LogP contribution in [0.4, 0.5) is 24.5 Å². The molecule has 0 bridgehead atoms. The molecule has 0 radical (unpaired) electrons. The minimum absolute atomic E-state index is 0.0975. The van der Waals surface area contributed by atoms with Gasteiger partial charge in [-0.05, 0) is 44.0 Å². The molecule has 1 aliphatic rings. The highest BCUT2D eigenvalue weighted by atomic mass is 19.4. The van der Waals surface area contributed by atoms with E-state index in [0.29, 0.717) is 5.69 Å². The van der Waals surface area contributed by atoms with Gasteiger partial charge >= 0.3 is 6.18 Å². The number of aromatic nitrogens is 4. The number of anilines is 2. The van der Waals surface area contributed by atoms with Gasteiger partial charge in [0.1, 0.15) is 0 Å². The van der Waals surface area contributed by atoms with E-state index >= 15 is 0 Å². The largest absolute Gasteiger partial charge is 0.416 e. The van der Waals surface area contributed by atoms with E-state index in [0.717, 1.165) is 56.6 Å². The van der Waals surface area contributed by atoms with Gasteiger partial charge in [-0.1, -0.05) is 12.8 Å². The van der Waals surface area contributed by atoms with Gasteiger partial charge in [0.2, 0.25) is 5.82 Å². The predicted molar refractivity (Wildman–Crippen MR) is 106 cm³/mol. The number of alkyl halides is 3. The number of halogens is 3. The lowest BCUT2D eigenvalue weighted by Gasteiger charge is -2.26. The number of hydrogen-bond donors (Lipinski definition) is 1. The van der Waals surface area contributed by atoms with Gasteiger partial charge in [0.25, 0.3) is 11.7 Å². The summed E-state index contributed by atoms with van der Waals surface area (Å²) in [6.07, 6.45) is 1.10. The molecule has 30 heavy (non-hydrogen) atoms. The number of nitrogens with one attached hydrogen (secondary N) is 1. The summed E-state index contributed by atoms with van der Waals surface area (Å²) in [5.74, 6) is -0.594. The van der Waals surface area contributed by atoms with Crippen LogP contribution in [0.2, 0.25) is 0 Å². The summed E-state index contributed by atoms with van der Waals surface area (Å²) in [6, 6.07) is 5.16. The van der Waals surface area contributed by atoms with Crippen molar-refractivity contribution in [3.05, 3.63) is 47.5 Å². The third kappa shape index (κ3) is 4.07. The van der Waals surface area contributed by atoms with Gasteiger partial charge < -0.3 is 10.2 Å². The zero-order chi connectivity index (χ0) is 21.3. The molecule has 4 rings (SSSR count). The Balaban J connectivity index is 1.69. The molecule has 0 saturated carbocycles. The first-order valence-corrected chi connectivity index (χ1v) is 9.79. The lowest BCUT2D eigenvalue weighted by atomic mass is 10.1. The summed E-state index contributed by atoms with van der Waals surface area (Å²) in [5, 5.41) is 6.72. The lowest BCUT2D eigenvalue weighted by molar-refractivity contribution is -0.137.